The first-order valence-corrected chi connectivity index (χ1v) is 4.98. The molecule has 88 valence electrons. The Morgan fingerprint density at radius 2 is 2.29 bits per heavy atom. The third-order valence-electron chi connectivity index (χ3n) is 2.46. The fourth-order valence-electron chi connectivity index (χ4n) is 1.45. The predicted molar refractivity (Wildman–Crippen MR) is 63.8 cm³/mol. The number of aromatic nitrogens is 2. The minimum atomic E-state index is -0.352. The number of benzene rings is 1. The number of nitrogens with two attached hydrogens (primary N) is 1. The Labute approximate surface area is 97.5 Å². The lowest BCUT2D eigenvalue weighted by molar-refractivity contribution is 0.102. The Kier molecular flexibility index (Phi) is 2.70. The van der Waals surface area contributed by atoms with Gasteiger partial charge in [-0.15, -0.1) is 0 Å². The number of anilines is 2. The number of aromatic hydroxyl groups is 1. The van der Waals surface area contributed by atoms with Crippen molar-refractivity contribution in [3.8, 4) is 5.75 Å². The van der Waals surface area contributed by atoms with Gasteiger partial charge >= 0.3 is 0 Å². The fraction of sp³-hybridized carbons (Fsp3) is 0.0909. The van der Waals surface area contributed by atoms with Gasteiger partial charge in [-0.25, -0.2) is 0 Å². The van der Waals surface area contributed by atoms with E-state index in [9.17, 15) is 9.90 Å². The third-order valence-corrected chi connectivity index (χ3v) is 2.46. The molecule has 5 N–H and O–H groups in total. The Balaban J connectivity index is 2.27. The number of carbonyl (C=O) groups excluding carboxylic acids is 1. The van der Waals surface area contributed by atoms with Crippen LogP contribution in [0.3, 0.4) is 0 Å². The number of nitrogens with zero attached hydrogens (tertiary/aromatic N) is 1. The van der Waals surface area contributed by atoms with Crippen molar-refractivity contribution in [2.24, 2.45) is 0 Å². The van der Waals surface area contributed by atoms with Crippen LogP contribution in [0.4, 0.5) is 11.5 Å². The number of nitrogens with one attached hydrogen (secondary N) is 2. The molecule has 6 heteroatoms. The third kappa shape index (κ3) is 2.05. The minimum absolute atomic E-state index is 0.0789. The molecule has 1 amide bonds. The highest BCUT2D eigenvalue weighted by Crippen LogP contribution is 2.21. The molecule has 6 nitrogen and oxygen atoms in total. The van der Waals surface area contributed by atoms with Crippen LogP contribution in [-0.4, -0.2) is 21.2 Å². The summed E-state index contributed by atoms with van der Waals surface area (Å²) in [6.45, 7) is 1.67. The molecule has 1 aromatic heterocycles. The Bertz CT molecular complexity index is 562. The van der Waals surface area contributed by atoms with E-state index in [2.05, 4.69) is 15.5 Å². The predicted octanol–water partition coefficient (Wildman–Crippen LogP) is 1.26. The van der Waals surface area contributed by atoms with Crippen molar-refractivity contribution >= 4 is 17.4 Å². The number of aromatic amines is 1. The second-order valence-electron chi connectivity index (χ2n) is 3.60. The summed E-state index contributed by atoms with van der Waals surface area (Å²) in [6.07, 6.45) is 1.41. The molecule has 0 aliphatic carbocycles. The quantitative estimate of drug-likeness (QED) is 0.625. The molecular weight excluding hydrogens is 220 g/mol. The van der Waals surface area contributed by atoms with Crippen LogP contribution < -0.4 is 11.1 Å². The second-order valence-corrected chi connectivity index (χ2v) is 3.60. The molecule has 0 aliphatic heterocycles. The topological polar surface area (TPSA) is 104 Å². The molecular formula is C11H12N4O2. The highest BCUT2D eigenvalue weighted by Gasteiger charge is 2.13. The maximum atomic E-state index is 11.9. The van der Waals surface area contributed by atoms with Crippen molar-refractivity contribution in [1.82, 2.24) is 10.2 Å². The summed E-state index contributed by atoms with van der Waals surface area (Å²) in [5.41, 5.74) is 6.84. The van der Waals surface area contributed by atoms with E-state index < -0.39 is 0 Å². The molecule has 17 heavy (non-hydrogen) atoms. The van der Waals surface area contributed by atoms with Crippen LogP contribution in [0.5, 0.6) is 5.75 Å². The average Bonchev–Trinajstić information content (AvgIpc) is 2.68. The van der Waals surface area contributed by atoms with Crippen LogP contribution >= 0.6 is 0 Å². The van der Waals surface area contributed by atoms with E-state index >= 15 is 0 Å². The molecule has 0 bridgehead atoms. The van der Waals surface area contributed by atoms with E-state index in [1.165, 1.54) is 12.3 Å². The van der Waals surface area contributed by atoms with Crippen molar-refractivity contribution in [3.05, 3.63) is 35.5 Å². The largest absolute Gasteiger partial charge is 0.508 e. The normalized spacial score (nSPS) is 10.2. The maximum Gasteiger partial charge on any atom is 0.257 e. The van der Waals surface area contributed by atoms with Gasteiger partial charge in [0.25, 0.3) is 5.91 Å². The monoisotopic (exact) mass is 232 g/mol. The number of hydrogen-bond acceptors (Lipinski definition) is 4. The van der Waals surface area contributed by atoms with Crippen LogP contribution in [0, 0.1) is 6.92 Å². The number of phenolic OH excluding ortho intramolecular Hbond substituents is 1. The van der Waals surface area contributed by atoms with Gasteiger partial charge in [0.1, 0.15) is 5.75 Å². The van der Waals surface area contributed by atoms with Crippen LogP contribution in [0.2, 0.25) is 0 Å². The van der Waals surface area contributed by atoms with Gasteiger partial charge in [-0.3, -0.25) is 9.89 Å². The SMILES string of the molecule is Cc1c(O)cccc1C(=O)Nc1[nH]ncc1N. The molecule has 0 aliphatic rings. The number of hydrogen-bond donors (Lipinski definition) is 4. The highest BCUT2D eigenvalue weighted by atomic mass is 16.3. The van der Waals surface area contributed by atoms with Gasteiger partial charge in [-0.05, 0) is 19.1 Å². The number of nitrogen functional groups attached to an aromatic ring is 1. The molecule has 2 rings (SSSR count). The number of phenols is 1. The average molecular weight is 232 g/mol. The Hall–Kier alpha value is -2.50. The van der Waals surface area contributed by atoms with Crippen molar-refractivity contribution in [2.45, 2.75) is 6.92 Å². The molecule has 0 atom stereocenters. The minimum Gasteiger partial charge on any atom is -0.508 e. The first-order valence-electron chi connectivity index (χ1n) is 4.98. The standard InChI is InChI=1S/C11H12N4O2/c1-6-7(3-2-4-9(6)16)11(17)14-10-8(12)5-13-15-10/h2-5,16H,12H2,1H3,(H2,13,14,15,17). The van der Waals surface area contributed by atoms with E-state index in [0.717, 1.165) is 0 Å². The molecule has 1 aromatic carbocycles. The number of H-pyrrole nitrogens is 1. The number of rotatable bonds is 2. The summed E-state index contributed by atoms with van der Waals surface area (Å²) in [5, 5.41) is 18.4. The van der Waals surface area contributed by atoms with E-state index in [0.29, 0.717) is 22.6 Å². The summed E-state index contributed by atoms with van der Waals surface area (Å²) in [6, 6.07) is 4.75. The van der Waals surface area contributed by atoms with Crippen LogP contribution in [0.25, 0.3) is 0 Å². The first-order chi connectivity index (χ1) is 8.09. The molecule has 1 heterocycles. The lowest BCUT2D eigenvalue weighted by Crippen LogP contribution is -2.14. The number of amides is 1. The molecule has 0 spiro atoms. The highest BCUT2D eigenvalue weighted by molar-refractivity contribution is 6.06. The molecule has 0 saturated carbocycles. The lowest BCUT2D eigenvalue weighted by atomic mass is 10.1. The zero-order chi connectivity index (χ0) is 12.4. The lowest BCUT2D eigenvalue weighted by Gasteiger charge is -2.07. The summed E-state index contributed by atoms with van der Waals surface area (Å²) in [5.74, 6) is 0.0716. The number of carbonyl (C=O) groups is 1. The van der Waals surface area contributed by atoms with Crippen molar-refractivity contribution < 1.29 is 9.90 Å². The van der Waals surface area contributed by atoms with Gasteiger partial charge in [0.05, 0.1) is 11.9 Å². The second kappa shape index (κ2) is 4.17. The summed E-state index contributed by atoms with van der Waals surface area (Å²) < 4.78 is 0. The smallest absolute Gasteiger partial charge is 0.257 e. The Morgan fingerprint density at radius 1 is 1.53 bits per heavy atom. The maximum absolute atomic E-state index is 11.9. The molecule has 0 fully saturated rings. The zero-order valence-corrected chi connectivity index (χ0v) is 9.19. The van der Waals surface area contributed by atoms with E-state index in [1.807, 2.05) is 0 Å². The molecule has 2 aromatic rings. The van der Waals surface area contributed by atoms with Crippen molar-refractivity contribution in [2.75, 3.05) is 11.1 Å². The molecule has 0 unspecified atom stereocenters. The summed E-state index contributed by atoms with van der Waals surface area (Å²) >= 11 is 0. The van der Waals surface area contributed by atoms with Gasteiger partial charge < -0.3 is 16.2 Å². The van der Waals surface area contributed by atoms with Gasteiger partial charge in [0.15, 0.2) is 5.82 Å². The van der Waals surface area contributed by atoms with Crippen LogP contribution in [0.15, 0.2) is 24.4 Å². The summed E-state index contributed by atoms with van der Waals surface area (Å²) in [4.78, 5) is 11.9. The van der Waals surface area contributed by atoms with E-state index in [-0.39, 0.29) is 11.7 Å². The van der Waals surface area contributed by atoms with Crippen molar-refractivity contribution in [3.63, 3.8) is 0 Å². The van der Waals surface area contributed by atoms with E-state index in [1.54, 1.807) is 19.1 Å². The Morgan fingerprint density at radius 3 is 2.94 bits per heavy atom. The van der Waals surface area contributed by atoms with Gasteiger partial charge in [0, 0.05) is 11.1 Å². The van der Waals surface area contributed by atoms with Gasteiger partial charge in [0.2, 0.25) is 0 Å². The van der Waals surface area contributed by atoms with Crippen LogP contribution in [-0.2, 0) is 0 Å². The van der Waals surface area contributed by atoms with Crippen LogP contribution in [0.1, 0.15) is 15.9 Å². The fourth-order valence-corrected chi connectivity index (χ4v) is 1.45. The molecule has 0 radical (unpaired) electrons. The zero-order valence-electron chi connectivity index (χ0n) is 9.19. The van der Waals surface area contributed by atoms with Crippen molar-refractivity contribution in [1.29, 1.82) is 0 Å². The molecule has 0 saturated heterocycles. The first kappa shape index (κ1) is 11.0. The van der Waals surface area contributed by atoms with Gasteiger partial charge in [-0.2, -0.15) is 5.10 Å². The van der Waals surface area contributed by atoms with E-state index in [4.69, 9.17) is 5.73 Å². The summed E-state index contributed by atoms with van der Waals surface area (Å²) in [7, 11) is 0. The van der Waals surface area contributed by atoms with Gasteiger partial charge in [-0.1, -0.05) is 6.07 Å².